The molecule has 0 amide bonds. The molecule has 4 nitrogen and oxygen atoms in total. The number of hydrogen-bond acceptors (Lipinski definition) is 3. The maximum absolute atomic E-state index is 12.7. The van der Waals surface area contributed by atoms with E-state index in [2.05, 4.69) is 4.98 Å². The van der Waals surface area contributed by atoms with Crippen molar-refractivity contribution in [3.8, 4) is 0 Å². The lowest BCUT2D eigenvalue weighted by molar-refractivity contribution is -0.148. The Hall–Kier alpha value is -1.49. The van der Waals surface area contributed by atoms with Gasteiger partial charge in [-0.15, -0.1) is 0 Å². The van der Waals surface area contributed by atoms with Crippen LogP contribution >= 0.6 is 0 Å². The van der Waals surface area contributed by atoms with Gasteiger partial charge in [0.15, 0.2) is 6.10 Å². The number of hydrogen-bond donors (Lipinski definition) is 1. The Labute approximate surface area is 80.3 Å². The van der Waals surface area contributed by atoms with Gasteiger partial charge in [-0.3, -0.25) is 4.98 Å². The molecule has 76 valence electrons. The molecule has 0 spiro atoms. The highest BCUT2D eigenvalue weighted by molar-refractivity contribution is 5.72. The minimum absolute atomic E-state index is 0.108. The van der Waals surface area contributed by atoms with E-state index in [9.17, 15) is 9.18 Å². The van der Waals surface area contributed by atoms with E-state index in [0.29, 0.717) is 5.56 Å². The van der Waals surface area contributed by atoms with E-state index >= 15 is 0 Å². The largest absolute Gasteiger partial charge is 0.479 e. The van der Waals surface area contributed by atoms with Crippen molar-refractivity contribution in [2.45, 2.75) is 12.5 Å². The van der Waals surface area contributed by atoms with Gasteiger partial charge >= 0.3 is 5.97 Å². The summed E-state index contributed by atoms with van der Waals surface area (Å²) in [6, 6.07) is 1.24. The summed E-state index contributed by atoms with van der Waals surface area (Å²) in [5, 5.41) is 8.66. The van der Waals surface area contributed by atoms with Crippen LogP contribution in [-0.2, 0) is 16.0 Å². The highest BCUT2D eigenvalue weighted by atomic mass is 19.1. The van der Waals surface area contributed by atoms with Crippen LogP contribution in [0.4, 0.5) is 4.39 Å². The monoisotopic (exact) mass is 199 g/mol. The van der Waals surface area contributed by atoms with Crippen LogP contribution in [0.5, 0.6) is 0 Å². The molecule has 0 bridgehead atoms. The van der Waals surface area contributed by atoms with Crippen LogP contribution in [0.15, 0.2) is 18.5 Å². The van der Waals surface area contributed by atoms with Crippen LogP contribution < -0.4 is 0 Å². The number of aliphatic carboxylic acids is 1. The van der Waals surface area contributed by atoms with Crippen LogP contribution in [-0.4, -0.2) is 29.3 Å². The van der Waals surface area contributed by atoms with E-state index < -0.39 is 17.9 Å². The third-order valence-electron chi connectivity index (χ3n) is 1.74. The molecule has 1 aromatic heterocycles. The lowest BCUT2D eigenvalue weighted by Gasteiger charge is -2.09. The van der Waals surface area contributed by atoms with Gasteiger partial charge < -0.3 is 9.84 Å². The van der Waals surface area contributed by atoms with Gasteiger partial charge in [0.1, 0.15) is 5.82 Å². The molecular weight excluding hydrogens is 189 g/mol. The highest BCUT2D eigenvalue weighted by Gasteiger charge is 2.16. The highest BCUT2D eigenvalue weighted by Crippen LogP contribution is 2.06. The van der Waals surface area contributed by atoms with Crippen LogP contribution in [0.2, 0.25) is 0 Å². The van der Waals surface area contributed by atoms with Crippen LogP contribution in [0.1, 0.15) is 5.56 Å². The van der Waals surface area contributed by atoms with E-state index in [-0.39, 0.29) is 6.42 Å². The topological polar surface area (TPSA) is 59.4 Å². The molecule has 1 N–H and O–H groups in total. The zero-order valence-electron chi connectivity index (χ0n) is 7.61. The number of aromatic nitrogens is 1. The molecule has 1 atom stereocenters. The number of carboxylic acids is 1. The fourth-order valence-electron chi connectivity index (χ4n) is 1.05. The maximum Gasteiger partial charge on any atom is 0.333 e. The fourth-order valence-corrected chi connectivity index (χ4v) is 1.05. The molecule has 0 aromatic carbocycles. The number of pyridine rings is 1. The molecule has 1 unspecified atom stereocenters. The summed E-state index contributed by atoms with van der Waals surface area (Å²) in [7, 11) is 1.30. The van der Waals surface area contributed by atoms with Gasteiger partial charge in [-0.05, 0) is 11.6 Å². The standard InChI is InChI=1S/C9H10FNO3/c1-14-8(9(12)13)3-6-2-7(10)5-11-4-6/h2,4-5,8H,3H2,1H3,(H,12,13). The van der Waals surface area contributed by atoms with Crippen LogP contribution in [0, 0.1) is 5.82 Å². The molecule has 0 saturated heterocycles. The lowest BCUT2D eigenvalue weighted by atomic mass is 10.1. The lowest BCUT2D eigenvalue weighted by Crippen LogP contribution is -2.24. The van der Waals surface area contributed by atoms with Crippen molar-refractivity contribution < 1.29 is 19.0 Å². The quantitative estimate of drug-likeness (QED) is 0.781. The smallest absolute Gasteiger partial charge is 0.333 e. The normalized spacial score (nSPS) is 12.4. The zero-order chi connectivity index (χ0) is 10.6. The molecule has 5 heteroatoms. The van der Waals surface area contributed by atoms with Gasteiger partial charge in [-0.1, -0.05) is 0 Å². The van der Waals surface area contributed by atoms with E-state index in [4.69, 9.17) is 9.84 Å². The number of halogens is 1. The molecule has 0 aliphatic rings. The third kappa shape index (κ3) is 2.77. The number of carboxylic acid groups (broad SMARTS) is 1. The van der Waals surface area contributed by atoms with E-state index in [1.54, 1.807) is 0 Å². The second-order valence-corrected chi connectivity index (χ2v) is 2.78. The summed E-state index contributed by atoms with van der Waals surface area (Å²) in [5.74, 6) is -1.56. The molecule has 1 aromatic rings. The average molecular weight is 199 g/mol. The molecule has 0 radical (unpaired) electrons. The van der Waals surface area contributed by atoms with E-state index in [1.165, 1.54) is 19.4 Å². The minimum atomic E-state index is -1.07. The van der Waals surface area contributed by atoms with Crippen LogP contribution in [0.3, 0.4) is 0 Å². The van der Waals surface area contributed by atoms with Crippen molar-refractivity contribution >= 4 is 5.97 Å². The summed E-state index contributed by atoms with van der Waals surface area (Å²) >= 11 is 0. The Kier molecular flexibility index (Phi) is 3.53. The summed E-state index contributed by atoms with van der Waals surface area (Å²) in [4.78, 5) is 14.2. The van der Waals surface area contributed by atoms with Crippen molar-refractivity contribution in [3.05, 3.63) is 29.8 Å². The van der Waals surface area contributed by atoms with Crippen molar-refractivity contribution in [3.63, 3.8) is 0 Å². The molecule has 0 saturated carbocycles. The second kappa shape index (κ2) is 4.66. The summed E-state index contributed by atoms with van der Waals surface area (Å²) in [6.45, 7) is 0. The van der Waals surface area contributed by atoms with Gasteiger partial charge in [-0.2, -0.15) is 0 Å². The Balaban J connectivity index is 2.72. The first-order valence-electron chi connectivity index (χ1n) is 3.98. The Morgan fingerprint density at radius 3 is 2.93 bits per heavy atom. The first-order chi connectivity index (χ1) is 6.63. The number of methoxy groups -OCH3 is 1. The predicted molar refractivity (Wildman–Crippen MR) is 46.3 cm³/mol. The van der Waals surface area contributed by atoms with Crippen LogP contribution in [0.25, 0.3) is 0 Å². The third-order valence-corrected chi connectivity index (χ3v) is 1.74. The Bertz CT molecular complexity index is 330. The first kappa shape index (κ1) is 10.6. The fraction of sp³-hybridized carbons (Fsp3) is 0.333. The zero-order valence-corrected chi connectivity index (χ0v) is 7.61. The summed E-state index contributed by atoms with van der Waals surface area (Å²) in [5.41, 5.74) is 0.499. The molecule has 0 aliphatic heterocycles. The van der Waals surface area contributed by atoms with Gasteiger partial charge in [0.05, 0.1) is 6.20 Å². The number of rotatable bonds is 4. The molecule has 14 heavy (non-hydrogen) atoms. The SMILES string of the molecule is COC(Cc1cncc(F)c1)C(=O)O. The predicted octanol–water partition coefficient (Wildman–Crippen LogP) is 0.863. The van der Waals surface area contributed by atoms with Gasteiger partial charge in [0.25, 0.3) is 0 Å². The van der Waals surface area contributed by atoms with Crippen molar-refractivity contribution in [2.75, 3.05) is 7.11 Å². The molecular formula is C9H10FNO3. The molecule has 0 aliphatic carbocycles. The van der Waals surface area contributed by atoms with Gasteiger partial charge in [0.2, 0.25) is 0 Å². The molecule has 1 rings (SSSR count). The van der Waals surface area contributed by atoms with Gasteiger partial charge in [0, 0.05) is 19.7 Å². The Morgan fingerprint density at radius 1 is 1.71 bits per heavy atom. The maximum atomic E-state index is 12.7. The van der Waals surface area contributed by atoms with Crippen molar-refractivity contribution in [1.82, 2.24) is 4.98 Å². The van der Waals surface area contributed by atoms with Crippen molar-refractivity contribution in [2.24, 2.45) is 0 Å². The Morgan fingerprint density at radius 2 is 2.43 bits per heavy atom. The van der Waals surface area contributed by atoms with E-state index in [0.717, 1.165) is 6.20 Å². The number of ether oxygens (including phenoxy) is 1. The first-order valence-corrected chi connectivity index (χ1v) is 3.98. The second-order valence-electron chi connectivity index (χ2n) is 2.78. The molecule has 1 heterocycles. The summed E-state index contributed by atoms with van der Waals surface area (Å²) < 4.78 is 17.4. The minimum Gasteiger partial charge on any atom is -0.479 e. The van der Waals surface area contributed by atoms with Gasteiger partial charge in [-0.25, -0.2) is 9.18 Å². The van der Waals surface area contributed by atoms with E-state index in [1.807, 2.05) is 0 Å². The number of carbonyl (C=O) groups is 1. The average Bonchev–Trinajstić information content (AvgIpc) is 2.14. The molecule has 0 fully saturated rings. The van der Waals surface area contributed by atoms with Crippen molar-refractivity contribution in [1.29, 1.82) is 0 Å². The summed E-state index contributed by atoms with van der Waals surface area (Å²) in [6.07, 6.45) is 1.62. The number of nitrogens with zero attached hydrogens (tertiary/aromatic N) is 1.